The number of amides is 1. The molecule has 0 atom stereocenters. The molecule has 0 N–H and O–H groups in total. The van der Waals surface area contributed by atoms with Crippen LogP contribution in [-0.4, -0.2) is 20.4 Å². The summed E-state index contributed by atoms with van der Waals surface area (Å²) >= 11 is 1.36. The number of nitro groups is 1. The van der Waals surface area contributed by atoms with E-state index < -0.39 is 16.4 Å². The van der Waals surface area contributed by atoms with Crippen molar-refractivity contribution in [2.45, 2.75) is 13.5 Å². The van der Waals surface area contributed by atoms with Crippen molar-refractivity contribution in [2.24, 2.45) is 0 Å². The van der Waals surface area contributed by atoms with Crippen LogP contribution in [0.2, 0.25) is 0 Å². The van der Waals surface area contributed by atoms with Crippen LogP contribution < -0.4 is 10.5 Å². The lowest BCUT2D eigenvalue weighted by atomic mass is 10.2. The third kappa shape index (κ3) is 3.70. The molecule has 0 aliphatic heterocycles. The number of hydrogen-bond acceptors (Lipinski definition) is 6. The molecule has 150 valence electrons. The van der Waals surface area contributed by atoms with Crippen molar-refractivity contribution in [2.75, 3.05) is 4.90 Å². The smallest absolute Gasteiger partial charge is 0.285 e. The molecule has 0 saturated heterocycles. The molecule has 2 aromatic carbocycles. The molecule has 2 aromatic heterocycles. The number of carbonyl (C=O) groups is 1. The molecule has 0 saturated carbocycles. The first-order chi connectivity index (χ1) is 14.4. The highest BCUT2D eigenvalue weighted by atomic mass is 32.1. The highest BCUT2D eigenvalue weighted by molar-refractivity contribution is 7.22. The summed E-state index contributed by atoms with van der Waals surface area (Å²) in [6, 6.07) is 17.1. The van der Waals surface area contributed by atoms with Crippen molar-refractivity contribution in [1.82, 2.24) is 9.55 Å². The van der Waals surface area contributed by atoms with Crippen molar-refractivity contribution in [3.8, 4) is 0 Å². The van der Waals surface area contributed by atoms with Gasteiger partial charge in [-0.2, -0.15) is 0 Å². The molecule has 1 amide bonds. The molecule has 0 aliphatic rings. The van der Waals surface area contributed by atoms with Crippen LogP contribution >= 0.6 is 11.3 Å². The summed E-state index contributed by atoms with van der Waals surface area (Å²) < 4.78 is 1.96. The number of thiazole rings is 1. The lowest BCUT2D eigenvalue weighted by Crippen LogP contribution is -2.33. The second-order valence-corrected chi connectivity index (χ2v) is 7.60. The molecule has 30 heavy (non-hydrogen) atoms. The van der Waals surface area contributed by atoms with E-state index in [2.05, 4.69) is 4.98 Å². The molecule has 0 spiro atoms. The fraction of sp³-hybridized carbons (Fsp3) is 0.0952. The van der Waals surface area contributed by atoms with Crippen molar-refractivity contribution < 1.29 is 9.72 Å². The Morgan fingerprint density at radius 2 is 1.87 bits per heavy atom. The minimum Gasteiger partial charge on any atom is -0.299 e. The average Bonchev–Trinajstić information content (AvgIpc) is 3.14. The third-order valence-electron chi connectivity index (χ3n) is 4.56. The molecule has 0 bridgehead atoms. The zero-order valence-corrected chi connectivity index (χ0v) is 16.7. The van der Waals surface area contributed by atoms with E-state index in [0.717, 1.165) is 38.7 Å². The maximum atomic E-state index is 13.3. The summed E-state index contributed by atoms with van der Waals surface area (Å²) in [5.41, 5.74) is 1.50. The number of nitrogens with zero attached hydrogens (tertiary/aromatic N) is 4. The predicted molar refractivity (Wildman–Crippen MR) is 115 cm³/mol. The van der Waals surface area contributed by atoms with Crippen LogP contribution in [0.3, 0.4) is 0 Å². The van der Waals surface area contributed by atoms with E-state index in [1.807, 2.05) is 49.4 Å². The van der Waals surface area contributed by atoms with Crippen LogP contribution in [-0.2, 0) is 11.3 Å². The first kappa shape index (κ1) is 19.5. The van der Waals surface area contributed by atoms with Crippen LogP contribution in [0.1, 0.15) is 5.56 Å². The SMILES string of the molecule is Cc1ccccc1N(C(=O)Cn1cc([N+](=O)[O-])ccc1=O)c1nc2ccccc2s1. The molecule has 8 nitrogen and oxygen atoms in total. The van der Waals surface area contributed by atoms with Gasteiger partial charge in [0.25, 0.3) is 17.2 Å². The fourth-order valence-corrected chi connectivity index (χ4v) is 4.08. The number of carbonyl (C=O) groups excluding carboxylic acids is 1. The topological polar surface area (TPSA) is 98.3 Å². The zero-order chi connectivity index (χ0) is 21.3. The third-order valence-corrected chi connectivity index (χ3v) is 5.59. The standard InChI is InChI=1S/C21H16N4O4S/c1-14-6-2-4-8-17(14)24(21-22-16-7-3-5-9-18(16)30-21)20(27)13-23-12-15(25(28)29)10-11-19(23)26/h2-12H,13H2,1H3. The Labute approximate surface area is 174 Å². The normalized spacial score (nSPS) is 10.8. The first-order valence-corrected chi connectivity index (χ1v) is 9.85. The Morgan fingerprint density at radius 1 is 1.13 bits per heavy atom. The van der Waals surface area contributed by atoms with Crippen molar-refractivity contribution in [1.29, 1.82) is 0 Å². The molecule has 4 rings (SSSR count). The quantitative estimate of drug-likeness (QED) is 0.358. The van der Waals surface area contributed by atoms with Crippen LogP contribution in [0.5, 0.6) is 0 Å². The number of aromatic nitrogens is 2. The van der Waals surface area contributed by atoms with Crippen molar-refractivity contribution >= 4 is 44.0 Å². The van der Waals surface area contributed by atoms with Gasteiger partial charge in [0.2, 0.25) is 0 Å². The van der Waals surface area contributed by atoms with Crippen molar-refractivity contribution in [3.05, 3.63) is 92.9 Å². The largest absolute Gasteiger partial charge is 0.299 e. The second-order valence-electron chi connectivity index (χ2n) is 6.59. The van der Waals surface area contributed by atoms with E-state index in [0.29, 0.717) is 10.8 Å². The lowest BCUT2D eigenvalue weighted by molar-refractivity contribution is -0.385. The Bertz CT molecular complexity index is 1290. The van der Waals surface area contributed by atoms with Gasteiger partial charge in [-0.1, -0.05) is 41.7 Å². The van der Waals surface area contributed by atoms with Gasteiger partial charge in [0, 0.05) is 12.1 Å². The number of para-hydroxylation sites is 2. The minimum atomic E-state index is -0.604. The summed E-state index contributed by atoms with van der Waals surface area (Å²) in [6.45, 7) is 1.52. The van der Waals surface area contributed by atoms with Gasteiger partial charge in [-0.15, -0.1) is 0 Å². The van der Waals surface area contributed by atoms with Gasteiger partial charge in [0.05, 0.1) is 27.0 Å². The predicted octanol–water partition coefficient (Wildman–Crippen LogP) is 4.04. The highest BCUT2D eigenvalue weighted by Crippen LogP contribution is 2.35. The molecule has 2 heterocycles. The molecule has 0 aliphatic carbocycles. The number of pyridine rings is 1. The van der Waals surface area contributed by atoms with Gasteiger partial charge < -0.3 is 0 Å². The molecule has 0 radical (unpaired) electrons. The van der Waals surface area contributed by atoms with E-state index in [9.17, 15) is 19.7 Å². The molecule has 4 aromatic rings. The maximum absolute atomic E-state index is 13.3. The van der Waals surface area contributed by atoms with Gasteiger partial charge in [0.15, 0.2) is 5.13 Å². The van der Waals surface area contributed by atoms with E-state index in [4.69, 9.17) is 0 Å². The summed E-state index contributed by atoms with van der Waals surface area (Å²) in [5, 5.41) is 11.5. The van der Waals surface area contributed by atoms with Gasteiger partial charge in [-0.05, 0) is 30.7 Å². The van der Waals surface area contributed by atoms with Crippen LogP contribution in [0.15, 0.2) is 71.7 Å². The Morgan fingerprint density at radius 3 is 2.60 bits per heavy atom. The molecule has 0 fully saturated rings. The van der Waals surface area contributed by atoms with E-state index in [-0.39, 0.29) is 12.2 Å². The van der Waals surface area contributed by atoms with Crippen LogP contribution in [0.25, 0.3) is 10.2 Å². The monoisotopic (exact) mass is 420 g/mol. The summed E-state index contributed by atoms with van der Waals surface area (Å²) in [7, 11) is 0. The van der Waals surface area contributed by atoms with E-state index in [1.165, 1.54) is 16.2 Å². The summed E-state index contributed by atoms with van der Waals surface area (Å²) in [4.78, 5) is 42.0. The Balaban J connectivity index is 1.79. The maximum Gasteiger partial charge on any atom is 0.285 e. The second kappa shape index (κ2) is 7.88. The van der Waals surface area contributed by atoms with E-state index >= 15 is 0 Å². The number of rotatable bonds is 5. The van der Waals surface area contributed by atoms with Crippen LogP contribution in [0.4, 0.5) is 16.5 Å². The van der Waals surface area contributed by atoms with E-state index in [1.54, 1.807) is 6.07 Å². The number of aryl methyl sites for hydroxylation is 1. The molecular formula is C21H16N4O4S. The number of fused-ring (bicyclic) bond motifs is 1. The number of anilines is 2. The molecule has 0 unspecified atom stereocenters. The lowest BCUT2D eigenvalue weighted by Gasteiger charge is -2.22. The Kier molecular flexibility index (Phi) is 5.11. The van der Waals surface area contributed by atoms with Crippen molar-refractivity contribution in [3.63, 3.8) is 0 Å². The number of benzene rings is 2. The number of hydrogen-bond donors (Lipinski definition) is 0. The van der Waals surface area contributed by atoms with Crippen LogP contribution in [0, 0.1) is 17.0 Å². The zero-order valence-electron chi connectivity index (χ0n) is 15.9. The van der Waals surface area contributed by atoms with Gasteiger partial charge in [-0.3, -0.25) is 29.2 Å². The van der Waals surface area contributed by atoms with Gasteiger partial charge >= 0.3 is 0 Å². The van der Waals surface area contributed by atoms with Gasteiger partial charge in [0.1, 0.15) is 6.54 Å². The molecular weight excluding hydrogens is 404 g/mol. The summed E-state index contributed by atoms with van der Waals surface area (Å²) in [5.74, 6) is -0.425. The minimum absolute atomic E-state index is 0.259. The highest BCUT2D eigenvalue weighted by Gasteiger charge is 2.24. The fourth-order valence-electron chi connectivity index (χ4n) is 3.08. The molecule has 9 heteroatoms. The average molecular weight is 420 g/mol. The van der Waals surface area contributed by atoms with Gasteiger partial charge in [-0.25, -0.2) is 4.98 Å². The Hall–Kier alpha value is -3.85. The summed E-state index contributed by atoms with van der Waals surface area (Å²) in [6.07, 6.45) is 1.08. The first-order valence-electron chi connectivity index (χ1n) is 9.03.